The van der Waals surface area contributed by atoms with E-state index < -0.39 is 18.3 Å². The van der Waals surface area contributed by atoms with Gasteiger partial charge in [0.25, 0.3) is 5.56 Å². The summed E-state index contributed by atoms with van der Waals surface area (Å²) in [6.07, 6.45) is -2.84. The third kappa shape index (κ3) is 2.08. The smallest absolute Gasteiger partial charge is 0.359 e. The van der Waals surface area contributed by atoms with E-state index in [9.17, 15) is 18.0 Å². The van der Waals surface area contributed by atoms with Crippen LogP contribution in [-0.2, 0) is 6.54 Å². The highest BCUT2D eigenvalue weighted by Gasteiger charge is 2.29. The number of halogens is 4. The lowest BCUT2D eigenvalue weighted by molar-refractivity contribution is -0.140. The highest BCUT2D eigenvalue weighted by molar-refractivity contribution is 14.1. The number of alkyl halides is 3. The maximum absolute atomic E-state index is 12.3. The molecule has 3 nitrogen and oxygen atoms in total. The SMILES string of the molecule is O=c1ccc2[nH]cc(I)c2n1CC(F)(F)F. The van der Waals surface area contributed by atoms with Gasteiger partial charge in [-0.15, -0.1) is 0 Å². The number of hydrogen-bond acceptors (Lipinski definition) is 1. The van der Waals surface area contributed by atoms with Gasteiger partial charge in [0.05, 0.1) is 14.6 Å². The summed E-state index contributed by atoms with van der Waals surface area (Å²) in [6, 6.07) is 2.60. The molecule has 0 amide bonds. The molecule has 0 unspecified atom stereocenters. The summed E-state index contributed by atoms with van der Waals surface area (Å²) in [6.45, 7) is -1.27. The fourth-order valence-electron chi connectivity index (χ4n) is 1.50. The van der Waals surface area contributed by atoms with E-state index in [1.807, 2.05) is 22.6 Å². The van der Waals surface area contributed by atoms with Gasteiger partial charge in [0.1, 0.15) is 6.54 Å². The molecule has 0 saturated heterocycles. The fraction of sp³-hybridized carbons (Fsp3) is 0.222. The summed E-state index contributed by atoms with van der Waals surface area (Å²) in [5.41, 5.74) is 0.168. The van der Waals surface area contributed by atoms with Crippen molar-refractivity contribution in [3.8, 4) is 0 Å². The second-order valence-corrected chi connectivity index (χ2v) is 4.43. The first-order valence-corrected chi connectivity index (χ1v) is 5.39. The Morgan fingerprint density at radius 2 is 2.06 bits per heavy atom. The number of pyridine rings is 1. The van der Waals surface area contributed by atoms with Gasteiger partial charge >= 0.3 is 6.18 Å². The molecule has 0 fully saturated rings. The van der Waals surface area contributed by atoms with Crippen LogP contribution >= 0.6 is 22.6 Å². The van der Waals surface area contributed by atoms with Crippen molar-refractivity contribution in [2.24, 2.45) is 0 Å². The number of rotatable bonds is 1. The molecule has 7 heteroatoms. The van der Waals surface area contributed by atoms with Crippen LogP contribution in [0.4, 0.5) is 13.2 Å². The first kappa shape index (κ1) is 11.5. The molecule has 0 aromatic carbocycles. The van der Waals surface area contributed by atoms with Gasteiger partial charge in [0.2, 0.25) is 0 Å². The van der Waals surface area contributed by atoms with Gasteiger partial charge in [0.15, 0.2) is 0 Å². The fourth-order valence-corrected chi connectivity index (χ4v) is 2.24. The molecule has 0 aliphatic heterocycles. The van der Waals surface area contributed by atoms with Gasteiger partial charge in [-0.05, 0) is 28.7 Å². The predicted octanol–water partition coefficient (Wildman–Crippen LogP) is 2.50. The summed E-state index contributed by atoms with van der Waals surface area (Å²) in [4.78, 5) is 14.2. The minimum absolute atomic E-state index is 0.297. The van der Waals surface area contributed by atoms with Crippen molar-refractivity contribution in [3.05, 3.63) is 32.3 Å². The Balaban J connectivity index is 2.70. The molecule has 1 N–H and O–H groups in total. The topological polar surface area (TPSA) is 37.8 Å². The molecule has 0 atom stereocenters. The first-order valence-electron chi connectivity index (χ1n) is 4.32. The molecule has 16 heavy (non-hydrogen) atoms. The van der Waals surface area contributed by atoms with Crippen molar-refractivity contribution in [3.63, 3.8) is 0 Å². The molecule has 0 saturated carbocycles. The van der Waals surface area contributed by atoms with Crippen LogP contribution in [0.25, 0.3) is 11.0 Å². The van der Waals surface area contributed by atoms with Crippen LogP contribution in [0.2, 0.25) is 0 Å². The molecule has 2 heterocycles. The van der Waals surface area contributed by atoms with Crippen molar-refractivity contribution in [1.82, 2.24) is 9.55 Å². The average molecular weight is 342 g/mol. The number of aromatic nitrogens is 2. The van der Waals surface area contributed by atoms with Crippen molar-refractivity contribution >= 4 is 33.6 Å². The second kappa shape index (κ2) is 3.79. The molecule has 2 rings (SSSR count). The van der Waals surface area contributed by atoms with Crippen LogP contribution < -0.4 is 5.56 Å². The highest BCUT2D eigenvalue weighted by Crippen LogP contribution is 2.22. The maximum atomic E-state index is 12.3. The summed E-state index contributed by atoms with van der Waals surface area (Å²) >= 11 is 1.89. The van der Waals surface area contributed by atoms with Gasteiger partial charge in [-0.2, -0.15) is 13.2 Å². The number of aromatic amines is 1. The molecule has 2 aromatic heterocycles. The Labute approximate surface area is 101 Å². The normalized spacial score (nSPS) is 12.2. The minimum atomic E-state index is -4.40. The van der Waals surface area contributed by atoms with Gasteiger partial charge < -0.3 is 4.98 Å². The molecule has 2 aromatic rings. The van der Waals surface area contributed by atoms with Crippen LogP contribution in [0.15, 0.2) is 23.1 Å². The summed E-state index contributed by atoms with van der Waals surface area (Å²) < 4.78 is 38.3. The average Bonchev–Trinajstić information content (AvgIpc) is 2.51. The van der Waals surface area contributed by atoms with Gasteiger partial charge in [-0.25, -0.2) is 0 Å². The Kier molecular flexibility index (Phi) is 2.72. The van der Waals surface area contributed by atoms with Gasteiger partial charge in [0, 0.05) is 12.3 Å². The molecule has 0 aliphatic rings. The standard InChI is InChI=1S/C9H6F3IN2O/c10-9(11,12)4-15-7(16)2-1-6-8(15)5(13)3-14-6/h1-3,14H,4H2. The molecular weight excluding hydrogens is 336 g/mol. The van der Waals surface area contributed by atoms with E-state index in [0.717, 1.165) is 10.6 Å². The zero-order valence-electron chi connectivity index (χ0n) is 7.81. The van der Waals surface area contributed by atoms with Crippen molar-refractivity contribution in [2.75, 3.05) is 0 Å². The molecule has 0 radical (unpaired) electrons. The Bertz CT molecular complexity index is 584. The van der Waals surface area contributed by atoms with Gasteiger partial charge in [-0.1, -0.05) is 0 Å². The third-order valence-corrected chi connectivity index (χ3v) is 2.92. The zero-order valence-corrected chi connectivity index (χ0v) is 9.96. The van der Waals surface area contributed by atoms with Crippen molar-refractivity contribution in [1.29, 1.82) is 0 Å². The lowest BCUT2D eigenvalue weighted by Gasteiger charge is -2.10. The van der Waals surface area contributed by atoms with E-state index in [0.29, 0.717) is 14.6 Å². The molecule has 0 aliphatic carbocycles. The number of hydrogen-bond donors (Lipinski definition) is 1. The van der Waals surface area contributed by atoms with Crippen LogP contribution in [0.5, 0.6) is 0 Å². The Hall–Kier alpha value is -0.990. The largest absolute Gasteiger partial charge is 0.406 e. The van der Waals surface area contributed by atoms with E-state index in [-0.39, 0.29) is 0 Å². The highest BCUT2D eigenvalue weighted by atomic mass is 127. The zero-order chi connectivity index (χ0) is 11.9. The molecular formula is C9H6F3IN2O. The van der Waals surface area contributed by atoms with Crippen LogP contribution in [-0.4, -0.2) is 15.7 Å². The maximum Gasteiger partial charge on any atom is 0.406 e. The quantitative estimate of drug-likeness (QED) is 0.795. The third-order valence-electron chi connectivity index (χ3n) is 2.10. The monoisotopic (exact) mass is 342 g/mol. The van der Waals surface area contributed by atoms with E-state index in [4.69, 9.17) is 0 Å². The Morgan fingerprint density at radius 3 is 2.69 bits per heavy atom. The minimum Gasteiger partial charge on any atom is -0.359 e. The lowest BCUT2D eigenvalue weighted by Crippen LogP contribution is -2.27. The summed E-state index contributed by atoms with van der Waals surface area (Å²) in [5, 5.41) is 0. The van der Waals surface area contributed by atoms with Crippen molar-refractivity contribution < 1.29 is 13.2 Å². The van der Waals surface area contributed by atoms with Gasteiger partial charge in [-0.3, -0.25) is 9.36 Å². The first-order chi connectivity index (χ1) is 7.38. The van der Waals surface area contributed by atoms with E-state index in [2.05, 4.69) is 4.98 Å². The van der Waals surface area contributed by atoms with E-state index >= 15 is 0 Å². The van der Waals surface area contributed by atoms with E-state index in [1.54, 1.807) is 6.20 Å². The molecule has 0 spiro atoms. The number of nitrogens with zero attached hydrogens (tertiary/aromatic N) is 1. The second-order valence-electron chi connectivity index (χ2n) is 3.27. The molecule has 0 bridgehead atoms. The van der Waals surface area contributed by atoms with E-state index in [1.165, 1.54) is 6.07 Å². The summed E-state index contributed by atoms with van der Waals surface area (Å²) in [7, 11) is 0. The molecule has 86 valence electrons. The summed E-state index contributed by atoms with van der Waals surface area (Å²) in [5.74, 6) is 0. The van der Waals surface area contributed by atoms with Crippen LogP contribution in [0.1, 0.15) is 0 Å². The predicted molar refractivity (Wildman–Crippen MR) is 61.3 cm³/mol. The van der Waals surface area contributed by atoms with Crippen LogP contribution in [0.3, 0.4) is 0 Å². The van der Waals surface area contributed by atoms with Crippen LogP contribution in [0, 0.1) is 3.57 Å². The lowest BCUT2D eigenvalue weighted by atomic mass is 10.3. The Morgan fingerprint density at radius 1 is 1.38 bits per heavy atom. The number of H-pyrrole nitrogens is 1. The van der Waals surface area contributed by atoms with Crippen molar-refractivity contribution in [2.45, 2.75) is 12.7 Å². The number of fused-ring (bicyclic) bond motifs is 1. The number of nitrogens with one attached hydrogen (secondary N) is 1.